The second kappa shape index (κ2) is 6.85. The van der Waals surface area contributed by atoms with E-state index in [1.54, 1.807) is 18.3 Å². The van der Waals surface area contributed by atoms with E-state index in [2.05, 4.69) is 21.3 Å². The van der Waals surface area contributed by atoms with Crippen LogP contribution in [0.3, 0.4) is 0 Å². The van der Waals surface area contributed by atoms with Crippen LogP contribution >= 0.6 is 0 Å². The van der Waals surface area contributed by atoms with E-state index in [9.17, 15) is 10.1 Å². The van der Waals surface area contributed by atoms with Gasteiger partial charge in [0.15, 0.2) is 0 Å². The Bertz CT molecular complexity index is 690. The predicted molar refractivity (Wildman–Crippen MR) is 88.1 cm³/mol. The first-order chi connectivity index (χ1) is 11.2. The van der Waals surface area contributed by atoms with Crippen LogP contribution in [0.2, 0.25) is 0 Å². The Morgan fingerprint density at radius 3 is 3.00 bits per heavy atom. The van der Waals surface area contributed by atoms with Gasteiger partial charge in [-0.05, 0) is 24.1 Å². The molecule has 0 saturated carbocycles. The molecule has 1 aromatic heterocycles. The highest BCUT2D eigenvalue weighted by Crippen LogP contribution is 2.27. The zero-order valence-electron chi connectivity index (χ0n) is 13.1. The van der Waals surface area contributed by atoms with Gasteiger partial charge in [-0.1, -0.05) is 18.2 Å². The fourth-order valence-corrected chi connectivity index (χ4v) is 3.10. The van der Waals surface area contributed by atoms with Crippen LogP contribution in [-0.2, 0) is 6.54 Å². The molecule has 2 heterocycles. The summed E-state index contributed by atoms with van der Waals surface area (Å²) in [4.78, 5) is 17.4. The van der Waals surface area contributed by atoms with E-state index in [1.165, 1.54) is 5.56 Å². The number of benzene rings is 1. The minimum Gasteiger partial charge on any atom is -0.314 e. The molecular formula is C17H20N4O2. The fraction of sp³-hybridized carbons (Fsp3) is 0.353. The Balaban J connectivity index is 1.86. The lowest BCUT2D eigenvalue weighted by molar-refractivity contribution is -0.385. The largest absolute Gasteiger partial charge is 0.314 e. The lowest BCUT2D eigenvalue weighted by Crippen LogP contribution is -2.45. The van der Waals surface area contributed by atoms with Gasteiger partial charge >= 0.3 is 0 Å². The first-order valence-electron chi connectivity index (χ1n) is 7.74. The summed E-state index contributed by atoms with van der Waals surface area (Å²) in [6, 6.07) is 9.57. The number of hydrogen-bond acceptors (Lipinski definition) is 5. The van der Waals surface area contributed by atoms with Crippen LogP contribution in [-0.4, -0.2) is 34.4 Å². The number of pyridine rings is 1. The number of nitro groups is 1. The monoisotopic (exact) mass is 312 g/mol. The Hall–Kier alpha value is -2.31. The molecule has 1 fully saturated rings. The lowest BCUT2D eigenvalue weighted by atomic mass is 10.0. The molecule has 6 heteroatoms. The Kier molecular flexibility index (Phi) is 4.64. The summed E-state index contributed by atoms with van der Waals surface area (Å²) in [6.45, 7) is 5.22. The summed E-state index contributed by atoms with van der Waals surface area (Å²) < 4.78 is 0. The molecule has 1 atom stereocenters. The third-order valence-electron chi connectivity index (χ3n) is 4.41. The third kappa shape index (κ3) is 3.38. The number of aromatic nitrogens is 1. The van der Waals surface area contributed by atoms with E-state index in [0.29, 0.717) is 6.54 Å². The van der Waals surface area contributed by atoms with Gasteiger partial charge in [-0.15, -0.1) is 0 Å². The average Bonchev–Trinajstić information content (AvgIpc) is 2.58. The summed E-state index contributed by atoms with van der Waals surface area (Å²) in [5, 5.41) is 14.5. The van der Waals surface area contributed by atoms with E-state index in [-0.39, 0.29) is 16.7 Å². The molecule has 1 unspecified atom stereocenters. The molecule has 6 nitrogen and oxygen atoms in total. The first kappa shape index (κ1) is 15.6. The molecule has 2 aromatic rings. The third-order valence-corrected chi connectivity index (χ3v) is 4.41. The first-order valence-corrected chi connectivity index (χ1v) is 7.74. The highest BCUT2D eigenvalue weighted by Gasteiger charge is 2.25. The number of nitrogens with zero attached hydrogens (tertiary/aromatic N) is 3. The van der Waals surface area contributed by atoms with Crippen molar-refractivity contribution in [1.82, 2.24) is 15.2 Å². The highest BCUT2D eigenvalue weighted by molar-refractivity contribution is 5.44. The van der Waals surface area contributed by atoms with Crippen LogP contribution < -0.4 is 5.32 Å². The average molecular weight is 312 g/mol. The minimum absolute atomic E-state index is 0.190. The van der Waals surface area contributed by atoms with Crippen LogP contribution in [0.4, 0.5) is 5.69 Å². The molecular weight excluding hydrogens is 292 g/mol. The fourth-order valence-electron chi connectivity index (χ4n) is 3.10. The van der Waals surface area contributed by atoms with Crippen molar-refractivity contribution in [3.63, 3.8) is 0 Å². The lowest BCUT2D eigenvalue weighted by Gasteiger charge is -2.36. The summed E-state index contributed by atoms with van der Waals surface area (Å²) in [5.41, 5.74) is 3.12. The van der Waals surface area contributed by atoms with Gasteiger partial charge in [0.1, 0.15) is 0 Å². The number of piperazine rings is 1. The van der Waals surface area contributed by atoms with Crippen LogP contribution in [0, 0.1) is 17.0 Å². The molecule has 1 aliphatic heterocycles. The molecule has 0 aliphatic carbocycles. The molecule has 0 amide bonds. The molecule has 1 N–H and O–H groups in total. The highest BCUT2D eigenvalue weighted by atomic mass is 16.6. The van der Waals surface area contributed by atoms with Gasteiger partial charge in [-0.3, -0.25) is 20.0 Å². The van der Waals surface area contributed by atoms with Gasteiger partial charge in [0, 0.05) is 56.2 Å². The van der Waals surface area contributed by atoms with Crippen molar-refractivity contribution in [2.24, 2.45) is 0 Å². The summed E-state index contributed by atoms with van der Waals surface area (Å²) in [7, 11) is 0. The van der Waals surface area contributed by atoms with E-state index in [1.807, 2.05) is 25.3 Å². The second-order valence-electron chi connectivity index (χ2n) is 5.80. The van der Waals surface area contributed by atoms with Crippen molar-refractivity contribution in [2.45, 2.75) is 19.5 Å². The molecule has 0 radical (unpaired) electrons. The minimum atomic E-state index is -0.310. The van der Waals surface area contributed by atoms with E-state index < -0.39 is 0 Å². The van der Waals surface area contributed by atoms with Crippen molar-refractivity contribution in [3.8, 4) is 0 Å². The van der Waals surface area contributed by atoms with Gasteiger partial charge in [0.2, 0.25) is 0 Å². The second-order valence-corrected chi connectivity index (χ2v) is 5.80. The van der Waals surface area contributed by atoms with E-state index in [4.69, 9.17) is 0 Å². The van der Waals surface area contributed by atoms with Crippen LogP contribution in [0.1, 0.15) is 22.7 Å². The number of hydrogen-bond donors (Lipinski definition) is 1. The van der Waals surface area contributed by atoms with Crippen LogP contribution in [0.15, 0.2) is 42.7 Å². The molecule has 1 saturated heterocycles. The maximum atomic E-state index is 11.1. The van der Waals surface area contributed by atoms with Crippen molar-refractivity contribution >= 4 is 5.69 Å². The number of nitrogens with one attached hydrogen (secondary N) is 1. The zero-order chi connectivity index (χ0) is 16.2. The Morgan fingerprint density at radius 2 is 2.26 bits per heavy atom. The molecule has 23 heavy (non-hydrogen) atoms. The maximum absolute atomic E-state index is 11.1. The van der Waals surface area contributed by atoms with Crippen LogP contribution in [0.5, 0.6) is 0 Å². The SMILES string of the molecule is Cc1c(CN2CCNCC2c2cccnc2)cccc1[N+](=O)[O-]. The number of nitro benzene ring substituents is 1. The molecule has 1 aromatic carbocycles. The van der Waals surface area contributed by atoms with Crippen molar-refractivity contribution in [1.29, 1.82) is 0 Å². The van der Waals surface area contributed by atoms with Crippen molar-refractivity contribution in [2.75, 3.05) is 19.6 Å². The van der Waals surface area contributed by atoms with Gasteiger partial charge in [-0.25, -0.2) is 0 Å². The molecule has 120 valence electrons. The topological polar surface area (TPSA) is 71.3 Å². The Labute approximate surface area is 135 Å². The summed E-state index contributed by atoms with van der Waals surface area (Å²) in [6.07, 6.45) is 3.67. The van der Waals surface area contributed by atoms with Crippen LogP contribution in [0.25, 0.3) is 0 Å². The molecule has 1 aliphatic rings. The van der Waals surface area contributed by atoms with Gasteiger partial charge in [0.05, 0.1) is 4.92 Å². The van der Waals surface area contributed by atoms with Gasteiger partial charge < -0.3 is 5.32 Å². The molecule has 3 rings (SSSR count). The van der Waals surface area contributed by atoms with E-state index >= 15 is 0 Å². The standard InChI is InChI=1S/C17H20N4O2/c1-13-15(4-2-6-16(13)21(22)23)12-20-9-8-19-11-17(20)14-5-3-7-18-10-14/h2-7,10,17,19H,8-9,11-12H2,1H3. The molecule has 0 spiro atoms. The van der Waals surface area contributed by atoms with Gasteiger partial charge in [-0.2, -0.15) is 0 Å². The predicted octanol–water partition coefficient (Wildman–Crippen LogP) is 2.44. The maximum Gasteiger partial charge on any atom is 0.272 e. The van der Waals surface area contributed by atoms with Crippen molar-refractivity contribution < 1.29 is 4.92 Å². The molecule has 0 bridgehead atoms. The summed E-state index contributed by atoms with van der Waals surface area (Å²) in [5.74, 6) is 0. The smallest absolute Gasteiger partial charge is 0.272 e. The zero-order valence-corrected chi connectivity index (χ0v) is 13.1. The summed E-state index contributed by atoms with van der Waals surface area (Å²) >= 11 is 0. The normalized spacial score (nSPS) is 18.7. The quantitative estimate of drug-likeness (QED) is 0.693. The Morgan fingerprint density at radius 1 is 1.39 bits per heavy atom. The van der Waals surface area contributed by atoms with Gasteiger partial charge in [0.25, 0.3) is 5.69 Å². The van der Waals surface area contributed by atoms with Crippen molar-refractivity contribution in [3.05, 3.63) is 69.5 Å². The van der Waals surface area contributed by atoms with E-state index in [0.717, 1.165) is 30.8 Å². The number of rotatable bonds is 4.